The van der Waals surface area contributed by atoms with E-state index in [0.29, 0.717) is 10.5 Å². The minimum Gasteiger partial charge on any atom is -0.457 e. The van der Waals surface area contributed by atoms with Crippen LogP contribution in [0.1, 0.15) is 15.9 Å². The zero-order valence-corrected chi connectivity index (χ0v) is 11.9. The fourth-order valence-electron chi connectivity index (χ4n) is 1.48. The second-order valence-corrected chi connectivity index (χ2v) is 5.12. The standard InChI is InChI=1S/C14H11BrO2S/c15-11-6-7-12(13(18)8-11)14(16)17-9-10-4-2-1-3-5-10/h1-8,18H,9H2. The van der Waals surface area contributed by atoms with Crippen LogP contribution in [0, 0.1) is 0 Å². The minimum atomic E-state index is -0.364. The topological polar surface area (TPSA) is 26.3 Å². The first-order valence-corrected chi connectivity index (χ1v) is 6.60. The molecule has 0 saturated carbocycles. The highest BCUT2D eigenvalue weighted by molar-refractivity contribution is 9.10. The summed E-state index contributed by atoms with van der Waals surface area (Å²) in [5.41, 5.74) is 1.43. The maximum absolute atomic E-state index is 11.9. The number of carbonyl (C=O) groups excluding carboxylic acids is 1. The van der Waals surface area contributed by atoms with Gasteiger partial charge in [0.1, 0.15) is 6.61 Å². The van der Waals surface area contributed by atoms with E-state index < -0.39 is 0 Å². The van der Waals surface area contributed by atoms with Gasteiger partial charge in [-0.15, -0.1) is 12.6 Å². The van der Waals surface area contributed by atoms with Gasteiger partial charge in [-0.3, -0.25) is 0 Å². The second kappa shape index (κ2) is 6.07. The summed E-state index contributed by atoms with van der Waals surface area (Å²) < 4.78 is 6.11. The van der Waals surface area contributed by atoms with Crippen LogP contribution in [0.5, 0.6) is 0 Å². The van der Waals surface area contributed by atoms with Crippen LogP contribution in [0.2, 0.25) is 0 Å². The average Bonchev–Trinajstić information content (AvgIpc) is 2.37. The lowest BCUT2D eigenvalue weighted by atomic mass is 10.2. The predicted octanol–water partition coefficient (Wildman–Crippen LogP) is 4.09. The van der Waals surface area contributed by atoms with E-state index in [1.165, 1.54) is 0 Å². The van der Waals surface area contributed by atoms with Crippen LogP contribution in [0.4, 0.5) is 0 Å². The van der Waals surface area contributed by atoms with Crippen molar-refractivity contribution in [2.24, 2.45) is 0 Å². The molecule has 0 radical (unpaired) electrons. The summed E-state index contributed by atoms with van der Waals surface area (Å²) in [6.45, 7) is 0.267. The molecule has 0 aliphatic heterocycles. The molecular formula is C14H11BrO2S. The lowest BCUT2D eigenvalue weighted by Gasteiger charge is -2.07. The number of hydrogen-bond donors (Lipinski definition) is 1. The van der Waals surface area contributed by atoms with Crippen molar-refractivity contribution in [3.05, 3.63) is 64.1 Å². The van der Waals surface area contributed by atoms with Gasteiger partial charge in [0.25, 0.3) is 0 Å². The molecule has 2 aromatic carbocycles. The number of halogens is 1. The molecule has 0 aromatic heterocycles. The monoisotopic (exact) mass is 322 g/mol. The minimum absolute atomic E-state index is 0.267. The maximum atomic E-state index is 11.9. The van der Waals surface area contributed by atoms with Gasteiger partial charge in [-0.1, -0.05) is 46.3 Å². The summed E-state index contributed by atoms with van der Waals surface area (Å²) in [7, 11) is 0. The van der Waals surface area contributed by atoms with Crippen LogP contribution in [0.3, 0.4) is 0 Å². The second-order valence-electron chi connectivity index (χ2n) is 3.72. The normalized spacial score (nSPS) is 10.1. The van der Waals surface area contributed by atoms with Crippen molar-refractivity contribution in [2.75, 3.05) is 0 Å². The highest BCUT2D eigenvalue weighted by Gasteiger charge is 2.11. The summed E-state index contributed by atoms with van der Waals surface area (Å²) in [4.78, 5) is 12.5. The molecule has 0 aliphatic rings. The Morgan fingerprint density at radius 1 is 1.17 bits per heavy atom. The Bertz CT molecular complexity index is 555. The van der Waals surface area contributed by atoms with Gasteiger partial charge in [0, 0.05) is 9.37 Å². The number of ether oxygens (including phenoxy) is 1. The van der Waals surface area contributed by atoms with Gasteiger partial charge in [0.05, 0.1) is 5.56 Å². The maximum Gasteiger partial charge on any atom is 0.339 e. The number of esters is 1. The molecule has 0 N–H and O–H groups in total. The third-order valence-corrected chi connectivity index (χ3v) is 3.26. The molecule has 0 fully saturated rings. The molecule has 0 heterocycles. The summed E-state index contributed by atoms with van der Waals surface area (Å²) >= 11 is 7.58. The van der Waals surface area contributed by atoms with Gasteiger partial charge >= 0.3 is 5.97 Å². The Labute approximate surface area is 120 Å². The summed E-state index contributed by atoms with van der Waals surface area (Å²) in [5.74, 6) is -0.364. The van der Waals surface area contributed by atoms with Gasteiger partial charge in [0.15, 0.2) is 0 Å². The van der Waals surface area contributed by atoms with E-state index in [1.807, 2.05) is 30.3 Å². The molecule has 0 aliphatic carbocycles. The molecule has 0 amide bonds. The molecule has 4 heteroatoms. The van der Waals surface area contributed by atoms with E-state index in [4.69, 9.17) is 4.74 Å². The molecule has 2 rings (SSSR count). The molecule has 0 spiro atoms. The zero-order valence-electron chi connectivity index (χ0n) is 9.47. The zero-order chi connectivity index (χ0) is 13.0. The smallest absolute Gasteiger partial charge is 0.339 e. The molecule has 0 unspecified atom stereocenters. The Morgan fingerprint density at radius 3 is 2.56 bits per heavy atom. The van der Waals surface area contributed by atoms with Crippen LogP contribution in [0.25, 0.3) is 0 Å². The van der Waals surface area contributed by atoms with E-state index in [1.54, 1.807) is 18.2 Å². The van der Waals surface area contributed by atoms with Gasteiger partial charge in [-0.2, -0.15) is 0 Å². The molecule has 18 heavy (non-hydrogen) atoms. The van der Waals surface area contributed by atoms with Crippen molar-refractivity contribution in [1.82, 2.24) is 0 Å². The highest BCUT2D eigenvalue weighted by atomic mass is 79.9. The summed E-state index contributed by atoms with van der Waals surface area (Å²) in [5, 5.41) is 0. The van der Waals surface area contributed by atoms with Crippen LogP contribution in [-0.4, -0.2) is 5.97 Å². The Kier molecular flexibility index (Phi) is 4.44. The fourth-order valence-corrected chi connectivity index (χ4v) is 2.32. The molecule has 2 nitrogen and oxygen atoms in total. The quantitative estimate of drug-likeness (QED) is 0.680. The van der Waals surface area contributed by atoms with Gasteiger partial charge in [-0.05, 0) is 23.8 Å². The molecule has 0 saturated heterocycles. The van der Waals surface area contributed by atoms with E-state index in [2.05, 4.69) is 28.6 Å². The fraction of sp³-hybridized carbons (Fsp3) is 0.0714. The lowest BCUT2D eigenvalue weighted by molar-refractivity contribution is 0.0468. The largest absolute Gasteiger partial charge is 0.457 e. The highest BCUT2D eigenvalue weighted by Crippen LogP contribution is 2.20. The molecular weight excluding hydrogens is 312 g/mol. The summed E-state index contributed by atoms with van der Waals surface area (Å²) in [6.07, 6.45) is 0. The average molecular weight is 323 g/mol. The number of hydrogen-bond acceptors (Lipinski definition) is 3. The first-order chi connectivity index (χ1) is 8.66. The summed E-state index contributed by atoms with van der Waals surface area (Å²) in [6, 6.07) is 14.8. The number of rotatable bonds is 3. The van der Waals surface area contributed by atoms with Gasteiger partial charge < -0.3 is 4.74 Å². The van der Waals surface area contributed by atoms with Crippen molar-refractivity contribution in [3.63, 3.8) is 0 Å². The van der Waals surface area contributed by atoms with Crippen LogP contribution in [0.15, 0.2) is 57.9 Å². The van der Waals surface area contributed by atoms with Crippen molar-refractivity contribution in [2.45, 2.75) is 11.5 Å². The number of thiol groups is 1. The first-order valence-electron chi connectivity index (χ1n) is 5.36. The predicted molar refractivity (Wildman–Crippen MR) is 77.0 cm³/mol. The third kappa shape index (κ3) is 3.37. The van der Waals surface area contributed by atoms with E-state index in [-0.39, 0.29) is 12.6 Å². The Balaban J connectivity index is 2.04. The SMILES string of the molecule is O=C(OCc1ccccc1)c1ccc(Br)cc1S. The van der Waals surface area contributed by atoms with Crippen molar-refractivity contribution < 1.29 is 9.53 Å². The number of benzene rings is 2. The van der Waals surface area contributed by atoms with E-state index in [9.17, 15) is 4.79 Å². The Morgan fingerprint density at radius 2 is 1.89 bits per heavy atom. The van der Waals surface area contributed by atoms with Gasteiger partial charge in [0.2, 0.25) is 0 Å². The lowest BCUT2D eigenvalue weighted by Crippen LogP contribution is -2.06. The first kappa shape index (κ1) is 13.2. The van der Waals surface area contributed by atoms with Crippen LogP contribution < -0.4 is 0 Å². The third-order valence-electron chi connectivity index (χ3n) is 2.39. The molecule has 0 bridgehead atoms. The van der Waals surface area contributed by atoms with E-state index in [0.717, 1.165) is 10.0 Å². The molecule has 2 aromatic rings. The van der Waals surface area contributed by atoms with E-state index >= 15 is 0 Å². The van der Waals surface area contributed by atoms with Gasteiger partial charge in [-0.25, -0.2) is 4.79 Å². The van der Waals surface area contributed by atoms with Crippen molar-refractivity contribution in [1.29, 1.82) is 0 Å². The Hall–Kier alpha value is -1.26. The van der Waals surface area contributed by atoms with Crippen LogP contribution >= 0.6 is 28.6 Å². The van der Waals surface area contributed by atoms with Crippen LogP contribution in [-0.2, 0) is 11.3 Å². The molecule has 92 valence electrons. The van der Waals surface area contributed by atoms with Crippen molar-refractivity contribution >= 4 is 34.5 Å². The number of carbonyl (C=O) groups is 1. The van der Waals surface area contributed by atoms with Crippen molar-refractivity contribution in [3.8, 4) is 0 Å². The molecule has 0 atom stereocenters.